The third kappa shape index (κ3) is 2.89. The monoisotopic (exact) mass is 245 g/mol. The van der Waals surface area contributed by atoms with Crippen LogP contribution in [0.25, 0.3) is 0 Å². The van der Waals surface area contributed by atoms with Crippen LogP contribution in [0, 0.1) is 5.41 Å². The molecule has 0 saturated heterocycles. The van der Waals surface area contributed by atoms with E-state index in [2.05, 4.69) is 0 Å². The Balaban J connectivity index is 3.32. The first-order valence-electron chi connectivity index (χ1n) is 5.04. The molecule has 0 aliphatic carbocycles. The van der Waals surface area contributed by atoms with Gasteiger partial charge in [-0.2, -0.15) is 13.2 Å². The number of alkyl halides is 3. The molecule has 1 aromatic carbocycles. The van der Waals surface area contributed by atoms with E-state index in [0.717, 1.165) is 6.07 Å². The molecule has 94 valence electrons. The minimum absolute atomic E-state index is 0.282. The number of nitrogen functional groups attached to an aromatic ring is 1. The van der Waals surface area contributed by atoms with E-state index >= 15 is 0 Å². The normalized spacial score (nSPS) is 11.4. The molecule has 0 radical (unpaired) electrons. The number of nitrogens with zero attached hydrogens (tertiary/aromatic N) is 1. The van der Waals surface area contributed by atoms with E-state index in [1.165, 1.54) is 12.1 Å². The van der Waals surface area contributed by atoms with E-state index in [1.807, 2.05) is 6.92 Å². The van der Waals surface area contributed by atoms with Gasteiger partial charge in [-0.3, -0.25) is 5.41 Å². The second kappa shape index (κ2) is 4.65. The highest BCUT2D eigenvalue weighted by molar-refractivity contribution is 5.97. The zero-order valence-electron chi connectivity index (χ0n) is 9.60. The maximum atomic E-state index is 12.7. The quantitative estimate of drug-likeness (QED) is 0.634. The molecule has 0 fully saturated rings. The van der Waals surface area contributed by atoms with Crippen molar-refractivity contribution in [3.8, 4) is 0 Å². The molecule has 0 aromatic heterocycles. The topological polar surface area (TPSA) is 53.1 Å². The Bertz CT molecular complexity index is 426. The number of amidine groups is 1. The van der Waals surface area contributed by atoms with Crippen LogP contribution in [0.1, 0.15) is 18.1 Å². The summed E-state index contributed by atoms with van der Waals surface area (Å²) in [6.45, 7) is 2.54. The molecule has 3 nitrogen and oxygen atoms in total. The minimum atomic E-state index is -4.50. The van der Waals surface area contributed by atoms with Crippen molar-refractivity contribution >= 4 is 11.5 Å². The van der Waals surface area contributed by atoms with E-state index in [9.17, 15) is 13.2 Å². The fourth-order valence-electron chi connectivity index (χ4n) is 1.42. The van der Waals surface area contributed by atoms with Crippen molar-refractivity contribution in [3.05, 3.63) is 29.3 Å². The summed E-state index contributed by atoms with van der Waals surface area (Å²) in [5.74, 6) is -0.580. The van der Waals surface area contributed by atoms with Crippen molar-refractivity contribution in [1.82, 2.24) is 0 Å². The minimum Gasteiger partial charge on any atom is -0.384 e. The molecule has 6 heteroatoms. The first-order chi connectivity index (χ1) is 7.77. The average Bonchev–Trinajstić information content (AvgIpc) is 2.25. The average molecular weight is 245 g/mol. The SMILES string of the molecule is CCN(C)c1ccc(C(F)(F)F)c(C(=N)N)c1. The van der Waals surface area contributed by atoms with Crippen molar-refractivity contribution in [3.63, 3.8) is 0 Å². The highest BCUT2D eigenvalue weighted by Crippen LogP contribution is 2.33. The highest BCUT2D eigenvalue weighted by Gasteiger charge is 2.34. The number of hydrogen-bond acceptors (Lipinski definition) is 2. The lowest BCUT2D eigenvalue weighted by atomic mass is 10.0. The van der Waals surface area contributed by atoms with Gasteiger partial charge in [0.2, 0.25) is 0 Å². The number of anilines is 1. The Labute approximate surface area is 97.5 Å². The van der Waals surface area contributed by atoms with Gasteiger partial charge in [-0.1, -0.05) is 0 Å². The molecule has 0 unspecified atom stereocenters. The standard InChI is InChI=1S/C11H14F3N3/c1-3-17(2)7-4-5-9(11(12,13)14)8(6-7)10(15)16/h4-6H,3H2,1-2H3,(H3,15,16). The summed E-state index contributed by atoms with van der Waals surface area (Å²) in [7, 11) is 1.76. The summed E-state index contributed by atoms with van der Waals surface area (Å²) in [6, 6.07) is 3.62. The molecular weight excluding hydrogens is 231 g/mol. The molecule has 0 aliphatic rings. The first-order valence-corrected chi connectivity index (χ1v) is 5.04. The third-order valence-electron chi connectivity index (χ3n) is 2.51. The lowest BCUT2D eigenvalue weighted by molar-refractivity contribution is -0.137. The number of rotatable bonds is 3. The summed E-state index contributed by atoms with van der Waals surface area (Å²) in [5, 5.41) is 7.21. The summed E-state index contributed by atoms with van der Waals surface area (Å²) < 4.78 is 38.0. The Hall–Kier alpha value is -1.72. The van der Waals surface area contributed by atoms with E-state index in [1.54, 1.807) is 11.9 Å². The molecule has 0 saturated carbocycles. The van der Waals surface area contributed by atoms with Crippen LogP contribution >= 0.6 is 0 Å². The van der Waals surface area contributed by atoms with Crippen molar-refractivity contribution in [1.29, 1.82) is 5.41 Å². The number of benzene rings is 1. The summed E-state index contributed by atoms with van der Waals surface area (Å²) in [4.78, 5) is 1.77. The van der Waals surface area contributed by atoms with Crippen LogP contribution in [0.4, 0.5) is 18.9 Å². The van der Waals surface area contributed by atoms with Gasteiger partial charge < -0.3 is 10.6 Å². The maximum Gasteiger partial charge on any atom is 0.417 e. The molecule has 0 spiro atoms. The molecule has 0 heterocycles. The Morgan fingerprint density at radius 2 is 2.00 bits per heavy atom. The van der Waals surface area contributed by atoms with Gasteiger partial charge in [-0.25, -0.2) is 0 Å². The van der Waals surface area contributed by atoms with Crippen molar-refractivity contribution in [2.24, 2.45) is 5.73 Å². The fourth-order valence-corrected chi connectivity index (χ4v) is 1.42. The van der Waals surface area contributed by atoms with Crippen LogP contribution < -0.4 is 10.6 Å². The molecule has 0 bridgehead atoms. The van der Waals surface area contributed by atoms with Crippen LogP contribution in [0.3, 0.4) is 0 Å². The fraction of sp³-hybridized carbons (Fsp3) is 0.364. The van der Waals surface area contributed by atoms with Crippen LogP contribution in [0.15, 0.2) is 18.2 Å². The molecule has 0 atom stereocenters. The van der Waals surface area contributed by atoms with Crippen molar-refractivity contribution in [2.75, 3.05) is 18.5 Å². The third-order valence-corrected chi connectivity index (χ3v) is 2.51. The molecular formula is C11H14F3N3. The van der Waals surface area contributed by atoms with Gasteiger partial charge in [0, 0.05) is 24.8 Å². The second-order valence-electron chi connectivity index (χ2n) is 3.66. The van der Waals surface area contributed by atoms with Gasteiger partial charge in [0.05, 0.1) is 5.56 Å². The first kappa shape index (κ1) is 13.3. The van der Waals surface area contributed by atoms with Gasteiger partial charge in [-0.15, -0.1) is 0 Å². The van der Waals surface area contributed by atoms with E-state index < -0.39 is 17.6 Å². The zero-order valence-corrected chi connectivity index (χ0v) is 9.60. The summed E-state index contributed by atoms with van der Waals surface area (Å²) in [5.41, 5.74) is 4.63. The predicted octanol–water partition coefficient (Wildman–Crippen LogP) is 2.45. The van der Waals surface area contributed by atoms with E-state index in [-0.39, 0.29) is 5.56 Å². The largest absolute Gasteiger partial charge is 0.417 e. The van der Waals surface area contributed by atoms with Gasteiger partial charge >= 0.3 is 6.18 Å². The maximum absolute atomic E-state index is 12.7. The Kier molecular flexibility index (Phi) is 3.65. The molecule has 1 rings (SSSR count). The van der Waals surface area contributed by atoms with Gasteiger partial charge in [-0.05, 0) is 25.1 Å². The smallest absolute Gasteiger partial charge is 0.384 e. The van der Waals surface area contributed by atoms with Crippen LogP contribution in [0.2, 0.25) is 0 Å². The Morgan fingerprint density at radius 1 is 1.41 bits per heavy atom. The molecule has 0 aliphatic heterocycles. The Morgan fingerprint density at radius 3 is 2.41 bits per heavy atom. The van der Waals surface area contributed by atoms with Crippen LogP contribution in [-0.4, -0.2) is 19.4 Å². The summed E-state index contributed by atoms with van der Waals surface area (Å²) >= 11 is 0. The van der Waals surface area contributed by atoms with E-state index in [0.29, 0.717) is 12.2 Å². The van der Waals surface area contributed by atoms with Crippen molar-refractivity contribution in [2.45, 2.75) is 13.1 Å². The molecule has 0 amide bonds. The highest BCUT2D eigenvalue weighted by atomic mass is 19.4. The van der Waals surface area contributed by atoms with Gasteiger partial charge in [0.15, 0.2) is 0 Å². The molecule has 3 N–H and O–H groups in total. The van der Waals surface area contributed by atoms with E-state index in [4.69, 9.17) is 11.1 Å². The number of nitrogens with one attached hydrogen (secondary N) is 1. The second-order valence-corrected chi connectivity index (χ2v) is 3.66. The number of nitrogens with two attached hydrogens (primary N) is 1. The zero-order chi connectivity index (χ0) is 13.2. The lowest BCUT2D eigenvalue weighted by Gasteiger charge is -2.20. The lowest BCUT2D eigenvalue weighted by Crippen LogP contribution is -2.21. The number of hydrogen-bond donors (Lipinski definition) is 2. The molecule has 17 heavy (non-hydrogen) atoms. The number of halogens is 3. The van der Waals surface area contributed by atoms with Crippen LogP contribution in [0.5, 0.6) is 0 Å². The molecule has 1 aromatic rings. The van der Waals surface area contributed by atoms with Gasteiger partial charge in [0.25, 0.3) is 0 Å². The van der Waals surface area contributed by atoms with Gasteiger partial charge in [0.1, 0.15) is 5.84 Å². The predicted molar refractivity (Wildman–Crippen MR) is 61.4 cm³/mol. The van der Waals surface area contributed by atoms with Crippen molar-refractivity contribution < 1.29 is 13.2 Å². The summed E-state index contributed by atoms with van der Waals surface area (Å²) in [6.07, 6.45) is -4.50. The van der Waals surface area contributed by atoms with Crippen LogP contribution in [-0.2, 0) is 6.18 Å².